The van der Waals surface area contributed by atoms with Gasteiger partial charge in [0.25, 0.3) is 0 Å². The number of halogens is 1. The van der Waals surface area contributed by atoms with Crippen molar-refractivity contribution in [3.8, 4) is 11.1 Å². The Labute approximate surface area is 158 Å². The maximum Gasteiger partial charge on any atom is 0.0644 e. The predicted molar refractivity (Wildman–Crippen MR) is 107 cm³/mol. The van der Waals surface area contributed by atoms with E-state index in [1.54, 1.807) is 11.3 Å². The molecule has 0 spiro atoms. The van der Waals surface area contributed by atoms with Gasteiger partial charge in [-0.05, 0) is 66.7 Å². The van der Waals surface area contributed by atoms with Gasteiger partial charge in [-0.2, -0.15) is 0 Å². The Morgan fingerprint density at radius 3 is 2.80 bits per heavy atom. The highest BCUT2D eigenvalue weighted by molar-refractivity contribution is 7.10. The molecule has 6 heteroatoms. The summed E-state index contributed by atoms with van der Waals surface area (Å²) in [5, 5.41) is 6.36. The van der Waals surface area contributed by atoms with Crippen LogP contribution in [0.15, 0.2) is 23.6 Å². The number of nitrogens with one attached hydrogen (secondary N) is 1. The Hall–Kier alpha value is -1.11. The lowest BCUT2D eigenvalue weighted by Crippen LogP contribution is -2.37. The summed E-state index contributed by atoms with van der Waals surface area (Å²) in [5.74, 6) is 0. The summed E-state index contributed by atoms with van der Waals surface area (Å²) < 4.78 is 5.37. The van der Waals surface area contributed by atoms with Crippen LogP contribution in [0, 0.1) is 6.92 Å². The molecule has 0 saturated carbocycles. The normalized spacial score (nSPS) is 15.6. The fourth-order valence-corrected chi connectivity index (χ4v) is 4.14. The van der Waals surface area contributed by atoms with Crippen molar-refractivity contribution in [1.29, 1.82) is 0 Å². The largest absolute Gasteiger partial charge is 0.397 e. The van der Waals surface area contributed by atoms with E-state index >= 15 is 0 Å². The van der Waals surface area contributed by atoms with Gasteiger partial charge in [0.2, 0.25) is 0 Å². The molecule has 25 heavy (non-hydrogen) atoms. The Kier molecular flexibility index (Phi) is 6.73. The minimum atomic E-state index is 0.629. The molecule has 4 nitrogen and oxygen atoms in total. The van der Waals surface area contributed by atoms with Crippen molar-refractivity contribution in [2.45, 2.75) is 19.9 Å². The van der Waals surface area contributed by atoms with E-state index in [4.69, 9.17) is 22.1 Å². The van der Waals surface area contributed by atoms with Gasteiger partial charge < -0.3 is 15.8 Å². The van der Waals surface area contributed by atoms with E-state index in [9.17, 15) is 0 Å². The van der Waals surface area contributed by atoms with Crippen molar-refractivity contribution >= 4 is 28.6 Å². The van der Waals surface area contributed by atoms with Crippen LogP contribution in [0.25, 0.3) is 11.1 Å². The molecule has 1 fully saturated rings. The molecular formula is C19H26ClN3OS. The van der Waals surface area contributed by atoms with Gasteiger partial charge >= 0.3 is 0 Å². The highest BCUT2D eigenvalue weighted by Crippen LogP contribution is 2.32. The Balaban J connectivity index is 1.45. The Morgan fingerprint density at radius 1 is 1.24 bits per heavy atom. The molecule has 2 aromatic rings. The first-order chi connectivity index (χ1) is 12.1. The Bertz CT molecular complexity index is 675. The summed E-state index contributed by atoms with van der Waals surface area (Å²) in [6, 6.07) is 6.29. The molecule has 0 aliphatic carbocycles. The van der Waals surface area contributed by atoms with E-state index in [0.717, 1.165) is 57.1 Å². The van der Waals surface area contributed by atoms with Gasteiger partial charge in [0.1, 0.15) is 0 Å². The molecule has 2 heterocycles. The Morgan fingerprint density at radius 2 is 2.04 bits per heavy atom. The number of hydrogen-bond donors (Lipinski definition) is 2. The third-order valence-electron chi connectivity index (χ3n) is 4.55. The number of morpholine rings is 1. The number of nitrogens with two attached hydrogens (primary N) is 1. The fraction of sp³-hybridized carbons (Fsp3) is 0.474. The third-order valence-corrected chi connectivity index (χ3v) is 5.80. The quantitative estimate of drug-likeness (QED) is 0.568. The first-order valence-electron chi connectivity index (χ1n) is 8.77. The van der Waals surface area contributed by atoms with Crippen LogP contribution in [0.2, 0.25) is 5.02 Å². The van der Waals surface area contributed by atoms with Crippen molar-refractivity contribution in [3.63, 3.8) is 0 Å². The lowest BCUT2D eigenvalue weighted by atomic mass is 10.0. The van der Waals surface area contributed by atoms with Crippen LogP contribution in [0.4, 0.5) is 5.69 Å². The zero-order valence-corrected chi connectivity index (χ0v) is 16.3. The first kappa shape index (κ1) is 18.7. The van der Waals surface area contributed by atoms with Crippen molar-refractivity contribution < 1.29 is 4.74 Å². The number of anilines is 1. The summed E-state index contributed by atoms with van der Waals surface area (Å²) in [4.78, 5) is 3.81. The molecule has 0 amide bonds. The van der Waals surface area contributed by atoms with Gasteiger partial charge in [0.15, 0.2) is 0 Å². The second kappa shape index (κ2) is 9.01. The van der Waals surface area contributed by atoms with Gasteiger partial charge in [0.05, 0.1) is 23.9 Å². The molecule has 1 aromatic carbocycles. The van der Waals surface area contributed by atoms with E-state index in [-0.39, 0.29) is 0 Å². The van der Waals surface area contributed by atoms with Crippen molar-refractivity contribution in [2.24, 2.45) is 0 Å². The van der Waals surface area contributed by atoms with E-state index < -0.39 is 0 Å². The summed E-state index contributed by atoms with van der Waals surface area (Å²) in [7, 11) is 0. The zero-order valence-electron chi connectivity index (χ0n) is 14.7. The number of rotatable bonds is 7. The minimum absolute atomic E-state index is 0.629. The standard InChI is InChI=1S/C19H26ClN3OS/c1-14-9-15(11-18(20)19(14)21)16-10-17(25-13-16)12-22-3-2-4-23-5-7-24-8-6-23/h9-11,13,22H,2-8,12,21H2,1H3. The number of thiophene rings is 1. The second-order valence-electron chi connectivity index (χ2n) is 6.47. The first-order valence-corrected chi connectivity index (χ1v) is 10.0. The lowest BCUT2D eigenvalue weighted by Gasteiger charge is -2.26. The topological polar surface area (TPSA) is 50.5 Å². The second-order valence-corrected chi connectivity index (χ2v) is 7.88. The van der Waals surface area contributed by atoms with Gasteiger partial charge in [-0.1, -0.05) is 11.6 Å². The number of benzene rings is 1. The summed E-state index contributed by atoms with van der Waals surface area (Å²) in [6.07, 6.45) is 1.17. The molecule has 136 valence electrons. The number of nitrogens with zero attached hydrogens (tertiary/aromatic N) is 1. The maximum absolute atomic E-state index is 6.21. The molecule has 1 aromatic heterocycles. The minimum Gasteiger partial charge on any atom is -0.397 e. The third kappa shape index (κ3) is 5.19. The van der Waals surface area contributed by atoms with Crippen LogP contribution in [0.3, 0.4) is 0 Å². The van der Waals surface area contributed by atoms with Gasteiger partial charge in [-0.25, -0.2) is 0 Å². The monoisotopic (exact) mass is 379 g/mol. The van der Waals surface area contributed by atoms with Gasteiger partial charge in [-0.3, -0.25) is 4.90 Å². The lowest BCUT2D eigenvalue weighted by molar-refractivity contribution is 0.0374. The van der Waals surface area contributed by atoms with E-state index in [1.807, 2.05) is 13.0 Å². The smallest absolute Gasteiger partial charge is 0.0644 e. The van der Waals surface area contributed by atoms with Crippen LogP contribution < -0.4 is 11.1 Å². The van der Waals surface area contributed by atoms with Crippen LogP contribution >= 0.6 is 22.9 Å². The molecule has 3 rings (SSSR count). The molecule has 0 unspecified atom stereocenters. The van der Waals surface area contributed by atoms with Gasteiger partial charge in [0, 0.05) is 24.5 Å². The molecule has 0 radical (unpaired) electrons. The van der Waals surface area contributed by atoms with E-state index in [0.29, 0.717) is 10.7 Å². The highest BCUT2D eigenvalue weighted by atomic mass is 35.5. The molecule has 3 N–H and O–H groups in total. The molecular weight excluding hydrogens is 354 g/mol. The molecule has 0 bridgehead atoms. The number of nitrogen functional groups attached to an aromatic ring is 1. The molecule has 1 aliphatic rings. The number of aryl methyl sites for hydroxylation is 1. The summed E-state index contributed by atoms with van der Waals surface area (Å²) >= 11 is 8.00. The van der Waals surface area contributed by atoms with E-state index in [1.165, 1.54) is 16.9 Å². The average molecular weight is 380 g/mol. The van der Waals surface area contributed by atoms with Crippen molar-refractivity contribution in [3.05, 3.63) is 39.0 Å². The predicted octanol–water partition coefficient (Wildman–Crippen LogP) is 3.77. The average Bonchev–Trinajstić information content (AvgIpc) is 3.09. The van der Waals surface area contributed by atoms with Crippen LogP contribution in [0.1, 0.15) is 16.9 Å². The van der Waals surface area contributed by atoms with Crippen LogP contribution in [-0.4, -0.2) is 44.3 Å². The maximum atomic E-state index is 6.21. The highest BCUT2D eigenvalue weighted by Gasteiger charge is 2.10. The van der Waals surface area contributed by atoms with E-state index in [2.05, 4.69) is 27.7 Å². The summed E-state index contributed by atoms with van der Waals surface area (Å²) in [6.45, 7) is 8.98. The van der Waals surface area contributed by atoms with Gasteiger partial charge in [-0.15, -0.1) is 11.3 Å². The van der Waals surface area contributed by atoms with Crippen molar-refractivity contribution in [1.82, 2.24) is 10.2 Å². The molecule has 0 atom stereocenters. The number of ether oxygens (including phenoxy) is 1. The fourth-order valence-electron chi connectivity index (χ4n) is 3.01. The summed E-state index contributed by atoms with van der Waals surface area (Å²) in [5.41, 5.74) is 9.97. The molecule has 1 saturated heterocycles. The zero-order chi connectivity index (χ0) is 17.6. The van der Waals surface area contributed by atoms with Crippen LogP contribution in [-0.2, 0) is 11.3 Å². The van der Waals surface area contributed by atoms with Crippen molar-refractivity contribution in [2.75, 3.05) is 45.1 Å². The SMILES string of the molecule is Cc1cc(-c2csc(CNCCCN3CCOCC3)c2)cc(Cl)c1N. The van der Waals surface area contributed by atoms with Crippen LogP contribution in [0.5, 0.6) is 0 Å². The molecule has 1 aliphatic heterocycles. The number of hydrogen-bond acceptors (Lipinski definition) is 5.